The highest BCUT2D eigenvalue weighted by Crippen LogP contribution is 2.34. The van der Waals surface area contributed by atoms with Crippen LogP contribution < -0.4 is 5.43 Å². The Labute approximate surface area is 129 Å². The molecule has 1 aromatic carbocycles. The lowest BCUT2D eigenvalue weighted by molar-refractivity contribution is -0.191. The summed E-state index contributed by atoms with van der Waals surface area (Å²) in [6.45, 7) is -0.175. The fraction of sp³-hybridized carbons (Fsp3) is 0.214. The van der Waals surface area contributed by atoms with Gasteiger partial charge in [-0.2, -0.15) is 13.2 Å². The number of allylic oxidation sites excluding steroid dienone is 1. The Balaban J connectivity index is 2.06. The highest BCUT2D eigenvalue weighted by Gasteiger charge is 2.45. The minimum absolute atomic E-state index is 0.0174. The van der Waals surface area contributed by atoms with Crippen molar-refractivity contribution in [1.29, 1.82) is 0 Å². The maximum atomic E-state index is 12.8. The molecule has 1 aromatic rings. The molecule has 0 bridgehead atoms. The van der Waals surface area contributed by atoms with Crippen molar-refractivity contribution in [3.63, 3.8) is 0 Å². The molecule has 0 radical (unpaired) electrons. The highest BCUT2D eigenvalue weighted by molar-refractivity contribution is 6.32. The maximum absolute atomic E-state index is 12.8. The third-order valence-electron chi connectivity index (χ3n) is 3.33. The van der Waals surface area contributed by atoms with Crippen molar-refractivity contribution in [3.8, 4) is 0 Å². The van der Waals surface area contributed by atoms with Crippen molar-refractivity contribution in [1.82, 2.24) is 10.4 Å². The fourth-order valence-corrected chi connectivity index (χ4v) is 2.50. The molecule has 4 nitrogen and oxygen atoms in total. The number of hydrazine groups is 1. The first-order chi connectivity index (χ1) is 10.4. The van der Waals surface area contributed by atoms with E-state index in [1.807, 2.05) is 6.07 Å². The molecule has 2 N–H and O–H groups in total. The second kappa shape index (κ2) is 5.42. The van der Waals surface area contributed by atoms with Crippen LogP contribution in [-0.2, 0) is 0 Å². The Kier molecular flexibility index (Phi) is 3.72. The number of benzene rings is 1. The van der Waals surface area contributed by atoms with E-state index in [9.17, 15) is 18.3 Å². The van der Waals surface area contributed by atoms with E-state index in [4.69, 9.17) is 11.6 Å². The molecule has 1 unspecified atom stereocenters. The largest absolute Gasteiger partial charge is 0.418 e. The van der Waals surface area contributed by atoms with Crippen molar-refractivity contribution >= 4 is 17.3 Å². The summed E-state index contributed by atoms with van der Waals surface area (Å²) < 4.78 is 38.3. The lowest BCUT2D eigenvalue weighted by Crippen LogP contribution is -2.32. The van der Waals surface area contributed by atoms with Crippen LogP contribution in [0.1, 0.15) is 5.56 Å². The molecule has 0 amide bonds. The van der Waals surface area contributed by atoms with Gasteiger partial charge in [0.25, 0.3) is 0 Å². The Bertz CT molecular complexity index is 682. The van der Waals surface area contributed by atoms with Crippen LogP contribution >= 0.6 is 11.6 Å². The van der Waals surface area contributed by atoms with Crippen molar-refractivity contribution in [2.24, 2.45) is 4.99 Å². The quantitative estimate of drug-likeness (QED) is 0.820. The van der Waals surface area contributed by atoms with E-state index in [0.717, 1.165) is 5.56 Å². The predicted molar refractivity (Wildman–Crippen MR) is 75.8 cm³/mol. The summed E-state index contributed by atoms with van der Waals surface area (Å²) in [5.41, 5.74) is 3.58. The molecule has 2 aliphatic heterocycles. The molecule has 116 valence electrons. The van der Waals surface area contributed by atoms with Crippen LogP contribution in [0.15, 0.2) is 58.0 Å². The first-order valence-electron chi connectivity index (χ1n) is 6.40. The number of aliphatic imine (C=N–C) groups is 1. The number of nitrogens with zero attached hydrogens (tertiary/aromatic N) is 2. The number of aliphatic hydroxyl groups excluding tert-OH is 1. The molecule has 0 aromatic heterocycles. The summed E-state index contributed by atoms with van der Waals surface area (Å²) in [6, 6.07) is 8.95. The standard InChI is InChI=1S/C14H11ClF3N3O/c15-11-6-10(8-4-2-1-3-5-8)20-13-9(7-19-21(11)13)12(22)14(16,17)18/h1-6,12,19,22H,7H2. The summed E-state index contributed by atoms with van der Waals surface area (Å²) in [4.78, 5) is 4.22. The van der Waals surface area contributed by atoms with Gasteiger partial charge in [-0.25, -0.2) is 15.4 Å². The fourth-order valence-electron chi connectivity index (χ4n) is 2.26. The van der Waals surface area contributed by atoms with Gasteiger partial charge in [0.05, 0.1) is 5.71 Å². The Morgan fingerprint density at radius 2 is 1.95 bits per heavy atom. The average molecular weight is 330 g/mol. The SMILES string of the molecule is OC(C1=C2N=C(c3ccccc3)C=C(Cl)N2NC1)C(F)(F)F. The van der Waals surface area contributed by atoms with Crippen molar-refractivity contribution < 1.29 is 18.3 Å². The van der Waals surface area contributed by atoms with Crippen LogP contribution in [-0.4, -0.2) is 34.7 Å². The Hall–Kier alpha value is -1.83. The second-order valence-electron chi connectivity index (χ2n) is 4.79. The average Bonchev–Trinajstić information content (AvgIpc) is 2.90. The minimum atomic E-state index is -4.75. The van der Waals surface area contributed by atoms with Gasteiger partial charge < -0.3 is 5.11 Å². The summed E-state index contributed by atoms with van der Waals surface area (Å²) in [5.74, 6) is -0.0174. The zero-order valence-corrected chi connectivity index (χ0v) is 11.9. The van der Waals surface area contributed by atoms with Crippen LogP contribution in [0.25, 0.3) is 0 Å². The van der Waals surface area contributed by atoms with Crippen molar-refractivity contribution in [2.45, 2.75) is 12.3 Å². The normalized spacial score (nSPS) is 19.8. The van der Waals surface area contributed by atoms with E-state index >= 15 is 0 Å². The molecular weight excluding hydrogens is 319 g/mol. The molecule has 22 heavy (non-hydrogen) atoms. The predicted octanol–water partition coefficient (Wildman–Crippen LogP) is 2.52. The highest BCUT2D eigenvalue weighted by atomic mass is 35.5. The van der Waals surface area contributed by atoms with E-state index in [0.29, 0.717) is 5.71 Å². The number of hydrogen-bond acceptors (Lipinski definition) is 4. The van der Waals surface area contributed by atoms with Crippen LogP contribution in [0.2, 0.25) is 0 Å². The molecule has 3 rings (SSSR count). The van der Waals surface area contributed by atoms with Gasteiger partial charge >= 0.3 is 6.18 Å². The van der Waals surface area contributed by atoms with Crippen LogP contribution in [0, 0.1) is 0 Å². The maximum Gasteiger partial charge on any atom is 0.418 e. The van der Waals surface area contributed by atoms with Crippen LogP contribution in [0.5, 0.6) is 0 Å². The number of hydrogen-bond donors (Lipinski definition) is 2. The number of rotatable bonds is 2. The number of halogens is 4. The van der Waals surface area contributed by atoms with Gasteiger partial charge in [-0.15, -0.1) is 0 Å². The van der Waals surface area contributed by atoms with E-state index in [1.165, 1.54) is 5.01 Å². The van der Waals surface area contributed by atoms with E-state index in [2.05, 4.69) is 10.4 Å². The third kappa shape index (κ3) is 2.63. The zero-order valence-electron chi connectivity index (χ0n) is 11.1. The van der Waals surface area contributed by atoms with Gasteiger partial charge in [0.1, 0.15) is 5.16 Å². The molecule has 0 aliphatic carbocycles. The molecule has 0 spiro atoms. The Morgan fingerprint density at radius 1 is 1.27 bits per heavy atom. The molecule has 0 saturated carbocycles. The van der Waals surface area contributed by atoms with E-state index in [1.54, 1.807) is 30.3 Å². The van der Waals surface area contributed by atoms with Gasteiger partial charge in [0.2, 0.25) is 0 Å². The molecule has 0 saturated heterocycles. The number of aliphatic hydroxyl groups is 1. The minimum Gasteiger partial charge on any atom is -0.379 e. The van der Waals surface area contributed by atoms with Crippen LogP contribution in [0.4, 0.5) is 13.2 Å². The molecular formula is C14H11ClF3N3O. The van der Waals surface area contributed by atoms with Crippen LogP contribution in [0.3, 0.4) is 0 Å². The first-order valence-corrected chi connectivity index (χ1v) is 6.78. The smallest absolute Gasteiger partial charge is 0.379 e. The van der Waals surface area contributed by atoms with Gasteiger partial charge in [-0.1, -0.05) is 41.9 Å². The Morgan fingerprint density at radius 3 is 2.59 bits per heavy atom. The monoisotopic (exact) mass is 329 g/mol. The summed E-state index contributed by atoms with van der Waals surface area (Å²) in [6.07, 6.45) is -5.78. The van der Waals surface area contributed by atoms with Crippen molar-refractivity contribution in [2.75, 3.05) is 6.54 Å². The number of fused-ring (bicyclic) bond motifs is 1. The molecule has 8 heteroatoms. The van der Waals surface area contributed by atoms with Gasteiger partial charge in [-0.05, 0) is 0 Å². The topological polar surface area (TPSA) is 47.9 Å². The first kappa shape index (κ1) is 15.1. The van der Waals surface area contributed by atoms with E-state index < -0.39 is 12.3 Å². The second-order valence-corrected chi connectivity index (χ2v) is 5.18. The van der Waals surface area contributed by atoms with Gasteiger partial charge in [-0.3, -0.25) is 0 Å². The lowest BCUT2D eigenvalue weighted by Gasteiger charge is -2.23. The number of alkyl halides is 3. The number of nitrogens with one attached hydrogen (secondary N) is 1. The summed E-state index contributed by atoms with van der Waals surface area (Å²) in [7, 11) is 0. The zero-order chi connectivity index (χ0) is 15.9. The molecule has 2 heterocycles. The third-order valence-corrected chi connectivity index (χ3v) is 3.61. The summed E-state index contributed by atoms with van der Waals surface area (Å²) in [5, 5.41) is 10.9. The molecule has 2 aliphatic rings. The van der Waals surface area contributed by atoms with Gasteiger partial charge in [0.15, 0.2) is 11.9 Å². The van der Waals surface area contributed by atoms with Gasteiger partial charge in [0, 0.05) is 23.8 Å². The van der Waals surface area contributed by atoms with E-state index in [-0.39, 0.29) is 23.1 Å². The lowest BCUT2D eigenvalue weighted by atomic mass is 10.1. The van der Waals surface area contributed by atoms with Crippen molar-refractivity contribution in [3.05, 3.63) is 58.5 Å². The molecule has 1 atom stereocenters. The summed E-state index contributed by atoms with van der Waals surface area (Å²) >= 11 is 6.09. The molecule has 0 fully saturated rings.